The SMILES string of the molecule is CCOC(C)CNS(=O)(=O)c1ccc(N)c2ccccc12. The number of sulfonamides is 1. The van der Waals surface area contributed by atoms with E-state index in [1.54, 1.807) is 18.2 Å². The first-order chi connectivity index (χ1) is 9.95. The Hall–Kier alpha value is -1.63. The van der Waals surface area contributed by atoms with Crippen molar-refractivity contribution in [1.82, 2.24) is 4.72 Å². The first kappa shape index (κ1) is 15.8. The summed E-state index contributed by atoms with van der Waals surface area (Å²) in [5, 5.41) is 1.35. The van der Waals surface area contributed by atoms with Crippen molar-refractivity contribution < 1.29 is 13.2 Å². The fourth-order valence-corrected chi connectivity index (χ4v) is 3.50. The van der Waals surface area contributed by atoms with E-state index in [0.717, 1.165) is 5.39 Å². The molecule has 0 amide bonds. The van der Waals surface area contributed by atoms with Gasteiger partial charge < -0.3 is 10.5 Å². The van der Waals surface area contributed by atoms with Gasteiger partial charge in [0.2, 0.25) is 10.0 Å². The minimum Gasteiger partial charge on any atom is -0.398 e. The number of hydrogen-bond acceptors (Lipinski definition) is 4. The Bertz CT molecular complexity index is 729. The number of nitrogens with two attached hydrogens (primary N) is 1. The van der Waals surface area contributed by atoms with Crippen LogP contribution in [-0.2, 0) is 14.8 Å². The Morgan fingerprint density at radius 1 is 1.19 bits per heavy atom. The zero-order valence-corrected chi connectivity index (χ0v) is 13.0. The van der Waals surface area contributed by atoms with Crippen LogP contribution in [0.5, 0.6) is 0 Å². The molecule has 0 aromatic heterocycles. The molecule has 0 saturated heterocycles. The molecule has 0 aliphatic carbocycles. The predicted octanol–water partition coefficient (Wildman–Crippen LogP) is 2.13. The average molecular weight is 308 g/mol. The molecule has 0 radical (unpaired) electrons. The van der Waals surface area contributed by atoms with Gasteiger partial charge in [0, 0.05) is 29.6 Å². The lowest BCUT2D eigenvalue weighted by molar-refractivity contribution is 0.0799. The normalized spacial score (nSPS) is 13.4. The highest BCUT2D eigenvalue weighted by molar-refractivity contribution is 7.89. The highest BCUT2D eigenvalue weighted by Crippen LogP contribution is 2.27. The van der Waals surface area contributed by atoms with Gasteiger partial charge in [-0.2, -0.15) is 0 Å². The molecule has 21 heavy (non-hydrogen) atoms. The number of rotatable bonds is 6. The lowest BCUT2D eigenvalue weighted by Crippen LogP contribution is -2.32. The number of nitrogen functional groups attached to an aromatic ring is 1. The Morgan fingerprint density at radius 2 is 1.86 bits per heavy atom. The quantitative estimate of drug-likeness (QED) is 0.801. The number of hydrogen-bond donors (Lipinski definition) is 2. The molecule has 0 spiro atoms. The fourth-order valence-electron chi connectivity index (χ4n) is 2.18. The Labute approximate surface area is 125 Å². The molecule has 0 aliphatic rings. The lowest BCUT2D eigenvalue weighted by Gasteiger charge is -2.14. The van der Waals surface area contributed by atoms with Crippen LogP contribution < -0.4 is 10.5 Å². The van der Waals surface area contributed by atoms with Crippen LogP contribution in [0, 0.1) is 0 Å². The fraction of sp³-hybridized carbons (Fsp3) is 0.333. The van der Waals surface area contributed by atoms with Gasteiger partial charge in [0.25, 0.3) is 0 Å². The smallest absolute Gasteiger partial charge is 0.241 e. The van der Waals surface area contributed by atoms with E-state index < -0.39 is 10.0 Å². The van der Waals surface area contributed by atoms with E-state index in [2.05, 4.69) is 4.72 Å². The van der Waals surface area contributed by atoms with E-state index >= 15 is 0 Å². The van der Waals surface area contributed by atoms with Crippen LogP contribution in [0.15, 0.2) is 41.3 Å². The van der Waals surface area contributed by atoms with Crippen molar-refractivity contribution in [2.45, 2.75) is 24.8 Å². The first-order valence-corrected chi connectivity index (χ1v) is 8.32. The van der Waals surface area contributed by atoms with Crippen LogP contribution in [0.3, 0.4) is 0 Å². The molecule has 1 atom stereocenters. The van der Waals surface area contributed by atoms with Gasteiger partial charge in [0.1, 0.15) is 0 Å². The average Bonchev–Trinajstić information content (AvgIpc) is 2.46. The maximum atomic E-state index is 12.5. The van der Waals surface area contributed by atoms with Gasteiger partial charge >= 0.3 is 0 Å². The minimum atomic E-state index is -3.60. The summed E-state index contributed by atoms with van der Waals surface area (Å²) in [7, 11) is -3.60. The third kappa shape index (κ3) is 3.53. The summed E-state index contributed by atoms with van der Waals surface area (Å²) < 4.78 is 32.8. The van der Waals surface area contributed by atoms with Crippen molar-refractivity contribution >= 4 is 26.5 Å². The summed E-state index contributed by atoms with van der Waals surface area (Å²) in [6.07, 6.45) is -0.176. The second kappa shape index (κ2) is 6.43. The predicted molar refractivity (Wildman–Crippen MR) is 84.6 cm³/mol. The molecule has 2 aromatic carbocycles. The van der Waals surface area contributed by atoms with Crippen molar-refractivity contribution in [3.05, 3.63) is 36.4 Å². The highest BCUT2D eigenvalue weighted by atomic mass is 32.2. The molecule has 0 fully saturated rings. The van der Waals surface area contributed by atoms with Gasteiger partial charge in [0.15, 0.2) is 0 Å². The highest BCUT2D eigenvalue weighted by Gasteiger charge is 2.18. The van der Waals surface area contributed by atoms with Crippen LogP contribution in [0.1, 0.15) is 13.8 Å². The molecule has 1 unspecified atom stereocenters. The molecule has 0 bridgehead atoms. The molecular weight excluding hydrogens is 288 g/mol. The van der Waals surface area contributed by atoms with Gasteiger partial charge in [0.05, 0.1) is 11.0 Å². The lowest BCUT2D eigenvalue weighted by atomic mass is 10.1. The van der Waals surface area contributed by atoms with Gasteiger partial charge in [-0.05, 0) is 26.0 Å². The molecule has 5 nitrogen and oxygen atoms in total. The van der Waals surface area contributed by atoms with Crippen LogP contribution >= 0.6 is 0 Å². The summed E-state index contributed by atoms with van der Waals surface area (Å²) in [5.41, 5.74) is 6.46. The van der Waals surface area contributed by atoms with E-state index in [0.29, 0.717) is 17.7 Å². The molecule has 6 heteroatoms. The van der Waals surface area contributed by atoms with Gasteiger partial charge in [-0.15, -0.1) is 0 Å². The van der Waals surface area contributed by atoms with Crippen LogP contribution in [0.2, 0.25) is 0 Å². The second-order valence-electron chi connectivity index (χ2n) is 4.82. The summed E-state index contributed by atoms with van der Waals surface area (Å²) in [5.74, 6) is 0. The molecule has 0 saturated carbocycles. The summed E-state index contributed by atoms with van der Waals surface area (Å²) >= 11 is 0. The molecule has 114 valence electrons. The Morgan fingerprint density at radius 3 is 2.52 bits per heavy atom. The molecule has 0 heterocycles. The van der Waals surface area contributed by atoms with Gasteiger partial charge in [-0.1, -0.05) is 24.3 Å². The van der Waals surface area contributed by atoms with Crippen LogP contribution in [0.25, 0.3) is 10.8 Å². The number of anilines is 1. The third-order valence-electron chi connectivity index (χ3n) is 3.22. The van der Waals surface area contributed by atoms with E-state index in [4.69, 9.17) is 10.5 Å². The molecule has 2 rings (SSSR count). The summed E-state index contributed by atoms with van der Waals surface area (Å²) in [6, 6.07) is 10.3. The van der Waals surface area contributed by atoms with E-state index in [9.17, 15) is 8.42 Å². The minimum absolute atomic E-state index is 0.176. The zero-order valence-electron chi connectivity index (χ0n) is 12.2. The van der Waals surface area contributed by atoms with Crippen molar-refractivity contribution in [2.24, 2.45) is 0 Å². The van der Waals surface area contributed by atoms with Crippen LogP contribution in [-0.4, -0.2) is 27.7 Å². The first-order valence-electron chi connectivity index (χ1n) is 6.84. The zero-order chi connectivity index (χ0) is 15.5. The number of ether oxygens (including phenoxy) is 1. The maximum Gasteiger partial charge on any atom is 0.241 e. The Kier molecular flexibility index (Phi) is 4.82. The summed E-state index contributed by atoms with van der Waals surface area (Å²) in [4.78, 5) is 0.232. The topological polar surface area (TPSA) is 81.4 Å². The molecular formula is C15H20N2O3S. The number of fused-ring (bicyclic) bond motifs is 1. The van der Waals surface area contributed by atoms with Gasteiger partial charge in [-0.25, -0.2) is 13.1 Å². The third-order valence-corrected chi connectivity index (χ3v) is 4.70. The molecule has 2 aromatic rings. The molecule has 0 aliphatic heterocycles. The Balaban J connectivity index is 2.35. The largest absolute Gasteiger partial charge is 0.398 e. The van der Waals surface area contributed by atoms with Crippen molar-refractivity contribution in [2.75, 3.05) is 18.9 Å². The maximum absolute atomic E-state index is 12.5. The monoisotopic (exact) mass is 308 g/mol. The standard InChI is InChI=1S/C15H20N2O3S/c1-3-20-11(2)10-17-21(18,19)15-9-8-14(16)12-6-4-5-7-13(12)15/h4-9,11,17H,3,10,16H2,1-2H3. The summed E-state index contributed by atoms with van der Waals surface area (Å²) in [6.45, 7) is 4.48. The molecule has 3 N–H and O–H groups in total. The van der Waals surface area contributed by atoms with E-state index in [1.807, 2.05) is 26.0 Å². The van der Waals surface area contributed by atoms with Gasteiger partial charge in [-0.3, -0.25) is 0 Å². The van der Waals surface area contributed by atoms with Crippen LogP contribution in [0.4, 0.5) is 5.69 Å². The van der Waals surface area contributed by atoms with Crippen molar-refractivity contribution in [1.29, 1.82) is 0 Å². The van der Waals surface area contributed by atoms with E-state index in [-0.39, 0.29) is 17.5 Å². The van der Waals surface area contributed by atoms with E-state index in [1.165, 1.54) is 6.07 Å². The number of benzene rings is 2. The van der Waals surface area contributed by atoms with Crippen molar-refractivity contribution in [3.63, 3.8) is 0 Å². The van der Waals surface area contributed by atoms with Crippen molar-refractivity contribution in [3.8, 4) is 0 Å². The number of nitrogens with one attached hydrogen (secondary N) is 1. The second-order valence-corrected chi connectivity index (χ2v) is 6.55.